The molecule has 2 aromatic rings. The first-order chi connectivity index (χ1) is 9.21. The molecule has 2 rings (SSSR count). The van der Waals surface area contributed by atoms with Crippen LogP contribution in [0.15, 0.2) is 16.6 Å². The molecule has 0 spiro atoms. The van der Waals surface area contributed by atoms with Gasteiger partial charge in [-0.15, -0.1) is 5.10 Å². The summed E-state index contributed by atoms with van der Waals surface area (Å²) < 4.78 is 29.4. The largest absolute Gasteiger partial charge is 0.381 e. The van der Waals surface area contributed by atoms with Crippen LogP contribution in [0.2, 0.25) is 0 Å². The fourth-order valence-electron chi connectivity index (χ4n) is 2.07. The quantitative estimate of drug-likeness (QED) is 0.850. The van der Waals surface area contributed by atoms with Crippen molar-refractivity contribution in [3.8, 4) is 0 Å². The maximum atomic E-state index is 14.0. The Bertz CT molecular complexity index is 647. The van der Waals surface area contributed by atoms with Gasteiger partial charge in [-0.2, -0.15) is 0 Å². The van der Waals surface area contributed by atoms with Crippen molar-refractivity contribution in [2.24, 2.45) is 0 Å². The maximum absolute atomic E-state index is 14.0. The highest BCUT2D eigenvalue weighted by Crippen LogP contribution is 2.28. The van der Waals surface area contributed by atoms with Gasteiger partial charge in [-0.25, -0.2) is 13.5 Å². The number of aromatic nitrogens is 3. The van der Waals surface area contributed by atoms with Crippen molar-refractivity contribution in [2.75, 3.05) is 5.73 Å². The molecule has 0 saturated carbocycles. The van der Waals surface area contributed by atoms with Crippen molar-refractivity contribution in [1.29, 1.82) is 0 Å². The summed E-state index contributed by atoms with van der Waals surface area (Å²) in [6.07, 6.45) is 0. The number of hydrogen-bond acceptors (Lipinski definition) is 3. The van der Waals surface area contributed by atoms with E-state index >= 15 is 0 Å². The molecule has 20 heavy (non-hydrogen) atoms. The van der Waals surface area contributed by atoms with Crippen molar-refractivity contribution in [2.45, 2.75) is 32.7 Å². The summed E-state index contributed by atoms with van der Waals surface area (Å²) in [7, 11) is 0. The fraction of sp³-hybridized carbons (Fsp3) is 0.385. The molecule has 1 heterocycles. The summed E-state index contributed by atoms with van der Waals surface area (Å²) in [6.45, 7) is 5.75. The number of benzene rings is 1. The predicted octanol–water partition coefficient (Wildman–Crippen LogP) is 3.25. The molecule has 0 aliphatic carbocycles. The second-order valence-electron chi connectivity index (χ2n) is 5.55. The monoisotopic (exact) mass is 344 g/mol. The molecule has 1 aromatic heterocycles. The zero-order valence-electron chi connectivity index (χ0n) is 11.4. The molecule has 7 heteroatoms. The third kappa shape index (κ3) is 2.67. The summed E-state index contributed by atoms with van der Waals surface area (Å²) in [5.74, 6) is -0.994. The summed E-state index contributed by atoms with van der Waals surface area (Å²) in [4.78, 5) is 0. The van der Waals surface area contributed by atoms with Gasteiger partial charge in [-0.3, -0.25) is 0 Å². The molecule has 0 bridgehead atoms. The first-order valence-electron chi connectivity index (χ1n) is 6.03. The van der Waals surface area contributed by atoms with Crippen molar-refractivity contribution in [3.05, 3.63) is 39.5 Å². The Kier molecular flexibility index (Phi) is 3.82. The van der Waals surface area contributed by atoms with Crippen molar-refractivity contribution in [1.82, 2.24) is 15.0 Å². The third-order valence-electron chi connectivity index (χ3n) is 2.92. The van der Waals surface area contributed by atoms with Crippen LogP contribution in [0.3, 0.4) is 0 Å². The Hall–Kier alpha value is -1.50. The Labute approximate surface area is 124 Å². The molecule has 0 amide bonds. The molecule has 0 atom stereocenters. The average Bonchev–Trinajstić information content (AvgIpc) is 2.70. The second-order valence-corrected chi connectivity index (χ2v) is 6.41. The highest BCUT2D eigenvalue weighted by Gasteiger charge is 2.25. The van der Waals surface area contributed by atoms with Gasteiger partial charge in [0.15, 0.2) is 5.82 Å². The van der Waals surface area contributed by atoms with Gasteiger partial charge in [0.2, 0.25) is 0 Å². The number of nitrogen functional groups attached to an aromatic ring is 1. The third-order valence-corrected chi connectivity index (χ3v) is 3.53. The minimum atomic E-state index is -0.640. The van der Waals surface area contributed by atoms with Gasteiger partial charge < -0.3 is 5.73 Å². The smallest absolute Gasteiger partial charge is 0.169 e. The number of rotatable bonds is 2. The average molecular weight is 345 g/mol. The van der Waals surface area contributed by atoms with Crippen LogP contribution >= 0.6 is 15.9 Å². The summed E-state index contributed by atoms with van der Waals surface area (Å²) >= 11 is 3.05. The van der Waals surface area contributed by atoms with Crippen LogP contribution in [0.5, 0.6) is 0 Å². The van der Waals surface area contributed by atoms with Gasteiger partial charge >= 0.3 is 0 Å². The number of halogens is 3. The van der Waals surface area contributed by atoms with Crippen molar-refractivity contribution < 1.29 is 8.78 Å². The highest BCUT2D eigenvalue weighted by atomic mass is 79.9. The van der Waals surface area contributed by atoms with Crippen LogP contribution in [0.4, 0.5) is 14.6 Å². The van der Waals surface area contributed by atoms with E-state index in [1.807, 2.05) is 20.8 Å². The molecule has 4 nitrogen and oxygen atoms in total. The van der Waals surface area contributed by atoms with E-state index < -0.39 is 11.6 Å². The molecule has 2 N–H and O–H groups in total. The first kappa shape index (κ1) is 14.9. The number of hydrogen-bond donors (Lipinski definition) is 1. The molecular formula is C13H15BrF2N4. The van der Waals surface area contributed by atoms with E-state index in [1.165, 1.54) is 16.8 Å². The number of anilines is 1. The second kappa shape index (κ2) is 5.12. The maximum Gasteiger partial charge on any atom is 0.169 e. The van der Waals surface area contributed by atoms with E-state index in [1.54, 1.807) is 0 Å². The van der Waals surface area contributed by atoms with Crippen LogP contribution in [0.1, 0.15) is 32.0 Å². The Balaban J connectivity index is 2.50. The summed E-state index contributed by atoms with van der Waals surface area (Å²) in [6, 6.07) is 2.54. The minimum absolute atomic E-state index is 0.0616. The number of nitrogens with two attached hydrogens (primary N) is 1. The Morgan fingerprint density at radius 1 is 1.30 bits per heavy atom. The normalized spacial score (nSPS) is 11.9. The zero-order chi connectivity index (χ0) is 15.1. The first-order valence-corrected chi connectivity index (χ1v) is 6.83. The molecule has 0 radical (unpaired) electrons. The predicted molar refractivity (Wildman–Crippen MR) is 76.3 cm³/mol. The molecule has 0 saturated heterocycles. The number of nitrogens with zero attached hydrogens (tertiary/aromatic N) is 3. The van der Waals surface area contributed by atoms with Gasteiger partial charge in [0, 0.05) is 11.0 Å². The molecular weight excluding hydrogens is 330 g/mol. The van der Waals surface area contributed by atoms with Gasteiger partial charge in [-0.1, -0.05) is 26.0 Å². The zero-order valence-corrected chi connectivity index (χ0v) is 13.0. The Morgan fingerprint density at radius 3 is 2.55 bits per heavy atom. The van der Waals surface area contributed by atoms with E-state index in [9.17, 15) is 8.78 Å². The van der Waals surface area contributed by atoms with Crippen molar-refractivity contribution in [3.63, 3.8) is 0 Å². The fourth-order valence-corrected chi connectivity index (χ4v) is 2.44. The van der Waals surface area contributed by atoms with Crippen LogP contribution in [0, 0.1) is 11.6 Å². The summed E-state index contributed by atoms with van der Waals surface area (Å²) in [5.41, 5.74) is 6.04. The molecule has 0 unspecified atom stereocenters. The highest BCUT2D eigenvalue weighted by molar-refractivity contribution is 9.10. The topological polar surface area (TPSA) is 56.7 Å². The van der Waals surface area contributed by atoms with Crippen LogP contribution < -0.4 is 5.73 Å². The van der Waals surface area contributed by atoms with Crippen LogP contribution in [-0.2, 0) is 12.0 Å². The summed E-state index contributed by atoms with van der Waals surface area (Å²) in [5, 5.41) is 7.68. The van der Waals surface area contributed by atoms with Gasteiger partial charge in [-0.05, 0) is 28.1 Å². The van der Waals surface area contributed by atoms with E-state index in [0.29, 0.717) is 5.69 Å². The van der Waals surface area contributed by atoms with E-state index in [-0.39, 0.29) is 27.8 Å². The van der Waals surface area contributed by atoms with Crippen LogP contribution in [-0.4, -0.2) is 15.0 Å². The van der Waals surface area contributed by atoms with Crippen molar-refractivity contribution >= 4 is 21.7 Å². The molecule has 1 aromatic carbocycles. The van der Waals surface area contributed by atoms with Gasteiger partial charge in [0.1, 0.15) is 11.6 Å². The minimum Gasteiger partial charge on any atom is -0.381 e. The van der Waals surface area contributed by atoms with Gasteiger partial charge in [0.05, 0.1) is 16.7 Å². The van der Waals surface area contributed by atoms with Gasteiger partial charge in [0.25, 0.3) is 0 Å². The van der Waals surface area contributed by atoms with E-state index in [2.05, 4.69) is 26.2 Å². The SMILES string of the molecule is CC(C)(C)c1c(N)nnn1Cc1c(F)ccc(Br)c1F. The molecule has 0 fully saturated rings. The lowest BCUT2D eigenvalue weighted by atomic mass is 9.91. The molecule has 0 aliphatic heterocycles. The Morgan fingerprint density at radius 2 is 1.95 bits per heavy atom. The lowest BCUT2D eigenvalue weighted by Gasteiger charge is -2.20. The molecule has 0 aliphatic rings. The standard InChI is InChI=1S/C13H15BrF2N4/c1-13(2,3)11-12(17)18-19-20(11)6-7-9(15)5-4-8(14)10(7)16/h4-5H,6,17H2,1-3H3. The molecule has 108 valence electrons. The van der Waals surface area contributed by atoms with E-state index in [0.717, 1.165) is 0 Å². The lowest BCUT2D eigenvalue weighted by Crippen LogP contribution is -2.21. The van der Waals surface area contributed by atoms with E-state index in [4.69, 9.17) is 5.73 Å². The van der Waals surface area contributed by atoms with Crippen LogP contribution in [0.25, 0.3) is 0 Å². The lowest BCUT2D eigenvalue weighted by molar-refractivity contribution is 0.478.